The molecule has 6 heteroatoms. The van der Waals surface area contributed by atoms with Crippen LogP contribution in [0, 0.1) is 12.7 Å². The summed E-state index contributed by atoms with van der Waals surface area (Å²) in [6, 6.07) is 9.69. The Labute approximate surface area is 148 Å². The molecule has 1 unspecified atom stereocenters. The Kier molecular flexibility index (Phi) is 4.87. The van der Waals surface area contributed by atoms with E-state index in [4.69, 9.17) is 4.74 Å². The van der Waals surface area contributed by atoms with Gasteiger partial charge in [-0.1, -0.05) is 18.2 Å². The van der Waals surface area contributed by atoms with E-state index in [0.29, 0.717) is 24.2 Å². The van der Waals surface area contributed by atoms with E-state index in [9.17, 15) is 14.3 Å². The highest BCUT2D eigenvalue weighted by Gasteiger charge is 2.29. The van der Waals surface area contributed by atoms with E-state index in [-0.39, 0.29) is 23.3 Å². The van der Waals surface area contributed by atoms with E-state index >= 15 is 0 Å². The van der Waals surface area contributed by atoms with Gasteiger partial charge in [0.1, 0.15) is 17.7 Å². The average Bonchev–Trinajstić information content (AvgIpc) is 2.58. The molecule has 1 aliphatic heterocycles. The minimum atomic E-state index is -0.544. The topological polar surface area (TPSA) is 49.8 Å². The molecule has 1 heterocycles. The van der Waals surface area contributed by atoms with Crippen LogP contribution in [-0.2, 0) is 4.74 Å². The second kappa shape index (κ2) is 6.91. The summed E-state index contributed by atoms with van der Waals surface area (Å²) in [4.78, 5) is 14.4. The summed E-state index contributed by atoms with van der Waals surface area (Å²) in [5, 5.41) is 9.61. The van der Waals surface area contributed by atoms with Crippen LogP contribution in [0.1, 0.15) is 27.6 Å². The second-order valence-corrected chi connectivity index (χ2v) is 6.55. The number of hydrogen-bond donors (Lipinski definition) is 1. The van der Waals surface area contributed by atoms with Crippen molar-refractivity contribution in [2.24, 2.45) is 0 Å². The van der Waals surface area contributed by atoms with Gasteiger partial charge in [0.05, 0.1) is 18.7 Å². The molecule has 4 nitrogen and oxygen atoms in total. The molecular formula is C18H17BrFNO3. The molecule has 2 aromatic carbocycles. The molecule has 126 valence electrons. The van der Waals surface area contributed by atoms with E-state index in [1.807, 2.05) is 13.0 Å². The molecule has 0 saturated carbocycles. The first kappa shape index (κ1) is 16.9. The lowest BCUT2D eigenvalue weighted by Gasteiger charge is -2.33. The summed E-state index contributed by atoms with van der Waals surface area (Å²) >= 11 is 3.32. The number of amides is 1. The minimum Gasteiger partial charge on any atom is -0.508 e. The SMILES string of the molecule is Cc1ccc(F)c(C(=O)N2CCOC(c3cccc(O)c3)C2)c1Br. The molecular weight excluding hydrogens is 377 g/mol. The van der Waals surface area contributed by atoms with E-state index < -0.39 is 5.82 Å². The number of halogens is 2. The Morgan fingerprint density at radius 2 is 2.17 bits per heavy atom. The third-order valence-corrected chi connectivity index (χ3v) is 5.12. The van der Waals surface area contributed by atoms with Crippen molar-refractivity contribution in [2.75, 3.05) is 19.7 Å². The Morgan fingerprint density at radius 1 is 1.38 bits per heavy atom. The maximum absolute atomic E-state index is 14.2. The van der Waals surface area contributed by atoms with Crippen LogP contribution >= 0.6 is 15.9 Å². The molecule has 1 saturated heterocycles. The summed E-state index contributed by atoms with van der Waals surface area (Å²) in [6.45, 7) is 2.88. The summed E-state index contributed by atoms with van der Waals surface area (Å²) < 4.78 is 20.4. The Balaban J connectivity index is 1.85. The van der Waals surface area contributed by atoms with Crippen LogP contribution in [-0.4, -0.2) is 35.6 Å². The monoisotopic (exact) mass is 393 g/mol. The average molecular weight is 394 g/mol. The third kappa shape index (κ3) is 3.30. The van der Waals surface area contributed by atoms with Crippen molar-refractivity contribution in [1.82, 2.24) is 4.90 Å². The van der Waals surface area contributed by atoms with Crippen molar-refractivity contribution in [3.05, 3.63) is 63.4 Å². The van der Waals surface area contributed by atoms with Gasteiger partial charge >= 0.3 is 0 Å². The number of phenols is 1. The van der Waals surface area contributed by atoms with Crippen LogP contribution in [0.5, 0.6) is 5.75 Å². The van der Waals surface area contributed by atoms with Crippen LogP contribution in [0.3, 0.4) is 0 Å². The highest BCUT2D eigenvalue weighted by Crippen LogP contribution is 2.29. The smallest absolute Gasteiger partial charge is 0.258 e. The molecule has 1 fully saturated rings. The van der Waals surface area contributed by atoms with Gasteiger partial charge in [0.25, 0.3) is 5.91 Å². The molecule has 0 radical (unpaired) electrons. The highest BCUT2D eigenvalue weighted by molar-refractivity contribution is 9.10. The van der Waals surface area contributed by atoms with Gasteiger partial charge < -0.3 is 14.7 Å². The highest BCUT2D eigenvalue weighted by atomic mass is 79.9. The van der Waals surface area contributed by atoms with Gasteiger partial charge in [0.2, 0.25) is 0 Å². The first-order valence-electron chi connectivity index (χ1n) is 7.62. The van der Waals surface area contributed by atoms with E-state index in [2.05, 4.69) is 15.9 Å². The van der Waals surface area contributed by atoms with Gasteiger partial charge in [-0.25, -0.2) is 4.39 Å². The zero-order valence-electron chi connectivity index (χ0n) is 13.1. The predicted molar refractivity (Wildman–Crippen MR) is 91.5 cm³/mol. The van der Waals surface area contributed by atoms with E-state index in [1.165, 1.54) is 6.07 Å². The quantitative estimate of drug-likeness (QED) is 0.843. The van der Waals surface area contributed by atoms with Crippen LogP contribution in [0.4, 0.5) is 4.39 Å². The minimum absolute atomic E-state index is 0.0477. The third-order valence-electron chi connectivity index (χ3n) is 4.09. The first-order valence-corrected chi connectivity index (χ1v) is 8.41. The van der Waals surface area contributed by atoms with Crippen molar-refractivity contribution in [3.8, 4) is 5.75 Å². The molecule has 1 aliphatic rings. The number of aryl methyl sites for hydroxylation is 1. The molecule has 24 heavy (non-hydrogen) atoms. The first-order chi connectivity index (χ1) is 11.5. The molecule has 0 bridgehead atoms. The van der Waals surface area contributed by atoms with Gasteiger partial charge in [-0.3, -0.25) is 4.79 Å². The molecule has 1 atom stereocenters. The lowest BCUT2D eigenvalue weighted by atomic mass is 10.1. The molecule has 1 N–H and O–H groups in total. The number of rotatable bonds is 2. The molecule has 1 amide bonds. The van der Waals surface area contributed by atoms with Gasteiger partial charge in [-0.05, 0) is 52.2 Å². The van der Waals surface area contributed by atoms with Crippen molar-refractivity contribution >= 4 is 21.8 Å². The van der Waals surface area contributed by atoms with Gasteiger partial charge in [-0.2, -0.15) is 0 Å². The maximum atomic E-state index is 14.2. The standard InChI is InChI=1S/C18H17BrFNO3/c1-11-5-6-14(20)16(17(11)19)18(23)21-7-8-24-15(10-21)12-3-2-4-13(22)9-12/h2-6,9,15,22H,7-8,10H2,1H3. The molecule has 3 rings (SSSR count). The fourth-order valence-electron chi connectivity index (χ4n) is 2.77. The van der Waals surface area contributed by atoms with Gasteiger partial charge in [0, 0.05) is 11.0 Å². The van der Waals surface area contributed by atoms with Crippen molar-refractivity contribution < 1.29 is 19.0 Å². The second-order valence-electron chi connectivity index (χ2n) is 5.76. The predicted octanol–water partition coefficient (Wildman–Crippen LogP) is 3.82. The normalized spacial score (nSPS) is 17.8. The molecule has 0 spiro atoms. The number of carbonyl (C=O) groups is 1. The molecule has 0 aliphatic carbocycles. The number of carbonyl (C=O) groups excluding carboxylic acids is 1. The van der Waals surface area contributed by atoms with Gasteiger partial charge in [-0.15, -0.1) is 0 Å². The Morgan fingerprint density at radius 3 is 2.92 bits per heavy atom. The number of aromatic hydroxyl groups is 1. The number of ether oxygens (including phenoxy) is 1. The summed E-state index contributed by atoms with van der Waals surface area (Å²) in [6.07, 6.45) is -0.346. The molecule has 2 aromatic rings. The van der Waals surface area contributed by atoms with Crippen LogP contribution in [0.2, 0.25) is 0 Å². The van der Waals surface area contributed by atoms with Crippen LogP contribution < -0.4 is 0 Å². The number of phenolic OH excluding ortho intramolecular Hbond substituents is 1. The zero-order chi connectivity index (χ0) is 17.3. The largest absolute Gasteiger partial charge is 0.508 e. The van der Waals surface area contributed by atoms with Crippen LogP contribution in [0.25, 0.3) is 0 Å². The number of benzene rings is 2. The maximum Gasteiger partial charge on any atom is 0.258 e. The van der Waals surface area contributed by atoms with E-state index in [1.54, 1.807) is 29.2 Å². The number of hydrogen-bond acceptors (Lipinski definition) is 3. The number of morpholine rings is 1. The fourth-order valence-corrected chi connectivity index (χ4v) is 3.26. The zero-order valence-corrected chi connectivity index (χ0v) is 14.7. The number of nitrogens with zero attached hydrogens (tertiary/aromatic N) is 1. The van der Waals surface area contributed by atoms with E-state index in [0.717, 1.165) is 11.1 Å². The van der Waals surface area contributed by atoms with Crippen LogP contribution in [0.15, 0.2) is 40.9 Å². The summed E-state index contributed by atoms with van der Waals surface area (Å²) in [7, 11) is 0. The van der Waals surface area contributed by atoms with Crippen molar-refractivity contribution in [1.29, 1.82) is 0 Å². The van der Waals surface area contributed by atoms with Gasteiger partial charge in [0.15, 0.2) is 0 Å². The summed E-state index contributed by atoms with van der Waals surface area (Å²) in [5.41, 5.74) is 1.64. The lowest BCUT2D eigenvalue weighted by Crippen LogP contribution is -2.42. The Hall–Kier alpha value is -1.92. The van der Waals surface area contributed by atoms with Crippen molar-refractivity contribution in [3.63, 3.8) is 0 Å². The Bertz CT molecular complexity index is 781. The summed E-state index contributed by atoms with van der Waals surface area (Å²) in [5.74, 6) is -0.763. The lowest BCUT2D eigenvalue weighted by molar-refractivity contribution is -0.0230. The fraction of sp³-hybridized carbons (Fsp3) is 0.278. The van der Waals surface area contributed by atoms with Crippen molar-refractivity contribution in [2.45, 2.75) is 13.0 Å². The molecule has 0 aromatic heterocycles.